The third-order valence-electron chi connectivity index (χ3n) is 2.33. The van der Waals surface area contributed by atoms with Crippen molar-refractivity contribution in [2.24, 2.45) is 0 Å². The van der Waals surface area contributed by atoms with E-state index in [1.807, 2.05) is 6.92 Å². The smallest absolute Gasteiger partial charge is 0.240 e. The molecular weight excluding hydrogens is 190 g/mol. The zero-order chi connectivity index (χ0) is 9.84. The van der Waals surface area contributed by atoms with Gasteiger partial charge in [-0.15, -0.1) is 11.6 Å². The van der Waals surface area contributed by atoms with Crippen molar-refractivity contribution in [1.82, 2.24) is 4.90 Å². The van der Waals surface area contributed by atoms with Crippen molar-refractivity contribution >= 4 is 17.5 Å². The van der Waals surface area contributed by atoms with Crippen molar-refractivity contribution in [1.29, 1.82) is 0 Å². The fraction of sp³-hybridized carbons (Fsp3) is 0.889. The molecule has 0 aromatic carbocycles. The molecule has 3 nitrogen and oxygen atoms in total. The molecule has 0 radical (unpaired) electrons. The van der Waals surface area contributed by atoms with E-state index in [0.29, 0.717) is 13.0 Å². The second-order valence-electron chi connectivity index (χ2n) is 3.46. The maximum Gasteiger partial charge on any atom is 0.240 e. The molecule has 0 aromatic rings. The molecule has 4 heteroatoms. The van der Waals surface area contributed by atoms with E-state index in [9.17, 15) is 9.90 Å². The van der Waals surface area contributed by atoms with Crippen LogP contribution in [0.5, 0.6) is 0 Å². The molecule has 0 bridgehead atoms. The predicted molar refractivity (Wildman–Crippen MR) is 51.8 cm³/mol. The highest BCUT2D eigenvalue weighted by molar-refractivity contribution is 6.30. The van der Waals surface area contributed by atoms with E-state index in [1.54, 1.807) is 4.90 Å². The van der Waals surface area contributed by atoms with Gasteiger partial charge in [-0.1, -0.05) is 6.92 Å². The van der Waals surface area contributed by atoms with Gasteiger partial charge in [0.05, 0.1) is 6.10 Å². The number of piperidine rings is 1. The predicted octanol–water partition coefficient (Wildman–Crippen LogP) is 0.987. The van der Waals surface area contributed by atoms with Gasteiger partial charge in [-0.25, -0.2) is 0 Å². The van der Waals surface area contributed by atoms with Crippen molar-refractivity contribution in [2.75, 3.05) is 13.1 Å². The third-order valence-corrected chi connectivity index (χ3v) is 2.83. The minimum atomic E-state index is -0.426. The Morgan fingerprint density at radius 1 is 1.77 bits per heavy atom. The van der Waals surface area contributed by atoms with Crippen LogP contribution in [0.25, 0.3) is 0 Å². The summed E-state index contributed by atoms with van der Waals surface area (Å²) in [6, 6.07) is 0. The number of aliphatic hydroxyl groups excluding tert-OH is 1. The minimum Gasteiger partial charge on any atom is -0.391 e. The number of alkyl halides is 1. The Bertz CT molecular complexity index is 186. The highest BCUT2D eigenvalue weighted by atomic mass is 35.5. The molecule has 1 fully saturated rings. The lowest BCUT2D eigenvalue weighted by Gasteiger charge is -2.31. The average molecular weight is 206 g/mol. The number of carbonyl (C=O) groups is 1. The second kappa shape index (κ2) is 4.82. The maximum absolute atomic E-state index is 11.6. The van der Waals surface area contributed by atoms with E-state index in [2.05, 4.69) is 0 Å². The first-order valence-electron chi connectivity index (χ1n) is 4.76. The normalized spacial score (nSPS) is 25.8. The standard InChI is InChI=1S/C9H16ClNO2/c1-2-8(10)9(13)11-5-3-4-7(12)6-11/h7-8,12H,2-6H2,1H3/t7-,8+/m1/s1. The van der Waals surface area contributed by atoms with E-state index < -0.39 is 5.38 Å². The highest BCUT2D eigenvalue weighted by Crippen LogP contribution is 2.14. The van der Waals surface area contributed by atoms with Gasteiger partial charge in [0.2, 0.25) is 5.91 Å². The molecule has 13 heavy (non-hydrogen) atoms. The summed E-state index contributed by atoms with van der Waals surface area (Å²) in [6.45, 7) is 3.07. The van der Waals surface area contributed by atoms with E-state index >= 15 is 0 Å². The molecule has 2 atom stereocenters. The van der Waals surface area contributed by atoms with Crippen LogP contribution in [0, 0.1) is 0 Å². The molecule has 1 aliphatic rings. The number of amides is 1. The number of rotatable bonds is 2. The average Bonchev–Trinajstić information content (AvgIpc) is 2.15. The molecule has 1 N–H and O–H groups in total. The van der Waals surface area contributed by atoms with Crippen LogP contribution < -0.4 is 0 Å². The molecule has 1 rings (SSSR count). The molecule has 0 aliphatic carbocycles. The van der Waals surface area contributed by atoms with Crippen molar-refractivity contribution < 1.29 is 9.90 Å². The molecule has 76 valence electrons. The van der Waals surface area contributed by atoms with Crippen LogP contribution >= 0.6 is 11.6 Å². The number of hydrogen-bond acceptors (Lipinski definition) is 2. The van der Waals surface area contributed by atoms with E-state index in [0.717, 1.165) is 19.4 Å². The number of β-amino-alcohol motifs (C(OH)–C–C–N with tert-alkyl or cyclic N) is 1. The lowest BCUT2D eigenvalue weighted by Crippen LogP contribution is -2.45. The van der Waals surface area contributed by atoms with Crippen LogP contribution in [0.1, 0.15) is 26.2 Å². The lowest BCUT2D eigenvalue weighted by molar-refractivity contribution is -0.133. The number of nitrogens with zero attached hydrogens (tertiary/aromatic N) is 1. The lowest BCUT2D eigenvalue weighted by atomic mass is 10.1. The quantitative estimate of drug-likeness (QED) is 0.683. The van der Waals surface area contributed by atoms with Crippen LogP contribution in [0.15, 0.2) is 0 Å². The molecule has 1 amide bonds. The topological polar surface area (TPSA) is 40.5 Å². The maximum atomic E-state index is 11.6. The first kappa shape index (κ1) is 10.8. The minimum absolute atomic E-state index is 0.0390. The van der Waals surface area contributed by atoms with E-state index in [1.165, 1.54) is 0 Å². The summed E-state index contributed by atoms with van der Waals surface area (Å²) in [5.41, 5.74) is 0. The van der Waals surface area contributed by atoms with Crippen LogP contribution in [-0.2, 0) is 4.79 Å². The number of likely N-dealkylation sites (tertiary alicyclic amines) is 1. The Kier molecular flexibility index (Phi) is 4.00. The van der Waals surface area contributed by atoms with Gasteiger partial charge in [-0.3, -0.25) is 4.79 Å². The molecular formula is C9H16ClNO2. The molecule has 0 unspecified atom stereocenters. The number of aliphatic hydroxyl groups is 1. The first-order chi connectivity index (χ1) is 6.15. The van der Waals surface area contributed by atoms with Gasteiger partial charge in [0.1, 0.15) is 5.38 Å². The number of hydrogen-bond donors (Lipinski definition) is 1. The molecule has 1 saturated heterocycles. The summed E-state index contributed by atoms with van der Waals surface area (Å²) in [7, 11) is 0. The first-order valence-corrected chi connectivity index (χ1v) is 5.19. The van der Waals surface area contributed by atoms with Crippen LogP contribution in [0.2, 0.25) is 0 Å². The fourth-order valence-corrected chi connectivity index (χ4v) is 1.67. The van der Waals surface area contributed by atoms with Gasteiger partial charge >= 0.3 is 0 Å². The monoisotopic (exact) mass is 205 g/mol. The molecule has 0 saturated carbocycles. The summed E-state index contributed by atoms with van der Waals surface area (Å²) >= 11 is 5.82. The molecule has 1 heterocycles. The molecule has 0 aromatic heterocycles. The Morgan fingerprint density at radius 2 is 2.46 bits per heavy atom. The number of carbonyl (C=O) groups excluding carboxylic acids is 1. The summed E-state index contributed by atoms with van der Waals surface area (Å²) in [5.74, 6) is -0.0390. The van der Waals surface area contributed by atoms with Crippen molar-refractivity contribution in [3.05, 3.63) is 0 Å². The molecule has 1 aliphatic heterocycles. The van der Waals surface area contributed by atoms with Crippen LogP contribution in [-0.4, -0.2) is 40.5 Å². The van der Waals surface area contributed by atoms with Crippen molar-refractivity contribution in [3.63, 3.8) is 0 Å². The SMILES string of the molecule is CC[C@H](Cl)C(=O)N1CCC[C@@H](O)C1. The van der Waals surface area contributed by atoms with Gasteiger partial charge in [0, 0.05) is 13.1 Å². The summed E-state index contributed by atoms with van der Waals surface area (Å²) < 4.78 is 0. The molecule has 0 spiro atoms. The van der Waals surface area contributed by atoms with E-state index in [-0.39, 0.29) is 12.0 Å². The van der Waals surface area contributed by atoms with Gasteiger partial charge in [0.25, 0.3) is 0 Å². The van der Waals surface area contributed by atoms with Crippen LogP contribution in [0.4, 0.5) is 0 Å². The highest BCUT2D eigenvalue weighted by Gasteiger charge is 2.25. The summed E-state index contributed by atoms with van der Waals surface area (Å²) in [5, 5.41) is 8.92. The zero-order valence-electron chi connectivity index (χ0n) is 7.87. The summed E-state index contributed by atoms with van der Waals surface area (Å²) in [6.07, 6.45) is 1.95. The van der Waals surface area contributed by atoms with Gasteiger partial charge < -0.3 is 10.0 Å². The Hall–Kier alpha value is -0.280. The Balaban J connectivity index is 2.46. The van der Waals surface area contributed by atoms with Gasteiger partial charge in [0.15, 0.2) is 0 Å². The van der Waals surface area contributed by atoms with Crippen LogP contribution in [0.3, 0.4) is 0 Å². The Morgan fingerprint density at radius 3 is 3.00 bits per heavy atom. The van der Waals surface area contributed by atoms with Crippen molar-refractivity contribution in [2.45, 2.75) is 37.7 Å². The zero-order valence-corrected chi connectivity index (χ0v) is 8.63. The largest absolute Gasteiger partial charge is 0.391 e. The fourth-order valence-electron chi connectivity index (χ4n) is 1.53. The third kappa shape index (κ3) is 2.85. The summed E-state index contributed by atoms with van der Waals surface area (Å²) in [4.78, 5) is 13.2. The van der Waals surface area contributed by atoms with Gasteiger partial charge in [-0.2, -0.15) is 0 Å². The second-order valence-corrected chi connectivity index (χ2v) is 3.98. The van der Waals surface area contributed by atoms with Gasteiger partial charge in [-0.05, 0) is 19.3 Å². The number of halogens is 1. The van der Waals surface area contributed by atoms with Crippen molar-refractivity contribution in [3.8, 4) is 0 Å². The van der Waals surface area contributed by atoms with E-state index in [4.69, 9.17) is 11.6 Å². The Labute approximate surface area is 83.7 Å².